The lowest BCUT2D eigenvalue weighted by Gasteiger charge is -2.29. The molecule has 2 rings (SSSR count). The Morgan fingerprint density at radius 1 is 1.41 bits per heavy atom. The molecule has 0 radical (unpaired) electrons. The van der Waals surface area contributed by atoms with Gasteiger partial charge in [-0.3, -0.25) is 14.9 Å². The fraction of sp³-hybridized carbons (Fsp3) is 0.562. The molecule has 1 amide bonds. The van der Waals surface area contributed by atoms with E-state index in [0.29, 0.717) is 5.92 Å². The summed E-state index contributed by atoms with van der Waals surface area (Å²) in [4.78, 5) is 22.5. The first-order valence-corrected chi connectivity index (χ1v) is 7.64. The summed E-state index contributed by atoms with van der Waals surface area (Å²) in [5, 5.41) is 14.0. The van der Waals surface area contributed by atoms with Crippen molar-refractivity contribution >= 4 is 11.6 Å². The molecule has 1 saturated carbocycles. The minimum Gasteiger partial charge on any atom is -0.477 e. The van der Waals surface area contributed by atoms with Crippen LogP contribution in [0, 0.1) is 23.0 Å². The van der Waals surface area contributed by atoms with Crippen molar-refractivity contribution in [2.45, 2.75) is 45.6 Å². The average molecular weight is 306 g/mol. The maximum atomic E-state index is 12.0. The quantitative estimate of drug-likeness (QED) is 0.669. The van der Waals surface area contributed by atoms with E-state index in [1.165, 1.54) is 18.6 Å². The third kappa shape index (κ3) is 4.19. The molecule has 6 heteroatoms. The van der Waals surface area contributed by atoms with Crippen molar-refractivity contribution in [1.82, 2.24) is 5.32 Å². The summed E-state index contributed by atoms with van der Waals surface area (Å²) in [6.45, 7) is 3.71. The number of carbonyl (C=O) groups is 1. The van der Waals surface area contributed by atoms with E-state index >= 15 is 0 Å². The minimum atomic E-state index is -0.497. The Labute approximate surface area is 130 Å². The monoisotopic (exact) mass is 306 g/mol. The Kier molecular flexibility index (Phi) is 5.35. The van der Waals surface area contributed by atoms with Crippen LogP contribution < -0.4 is 10.1 Å². The molecular weight excluding hydrogens is 284 g/mol. The van der Waals surface area contributed by atoms with E-state index in [9.17, 15) is 14.9 Å². The maximum absolute atomic E-state index is 12.0. The van der Waals surface area contributed by atoms with E-state index in [-0.39, 0.29) is 30.0 Å². The van der Waals surface area contributed by atoms with Crippen LogP contribution in [-0.4, -0.2) is 23.5 Å². The highest BCUT2D eigenvalue weighted by Crippen LogP contribution is 2.28. The predicted octanol–water partition coefficient (Wildman–Crippen LogP) is 2.98. The number of ether oxygens (including phenoxy) is 1. The van der Waals surface area contributed by atoms with Crippen molar-refractivity contribution in [3.05, 3.63) is 33.9 Å². The zero-order valence-corrected chi connectivity index (χ0v) is 13.0. The topological polar surface area (TPSA) is 81.5 Å². The molecule has 0 aromatic heterocycles. The lowest BCUT2D eigenvalue weighted by Crippen LogP contribution is -2.43. The highest BCUT2D eigenvalue weighted by Gasteiger charge is 2.23. The molecule has 0 aliphatic heterocycles. The van der Waals surface area contributed by atoms with Crippen molar-refractivity contribution in [3.8, 4) is 5.75 Å². The van der Waals surface area contributed by atoms with Gasteiger partial charge in [0.15, 0.2) is 12.4 Å². The zero-order valence-electron chi connectivity index (χ0n) is 13.0. The molecule has 120 valence electrons. The van der Waals surface area contributed by atoms with Crippen LogP contribution in [0.4, 0.5) is 5.69 Å². The van der Waals surface area contributed by atoms with E-state index in [1.54, 1.807) is 13.0 Å². The molecule has 0 saturated heterocycles. The molecule has 1 fully saturated rings. The van der Waals surface area contributed by atoms with Gasteiger partial charge in [-0.2, -0.15) is 0 Å². The van der Waals surface area contributed by atoms with E-state index in [4.69, 9.17) is 4.74 Å². The zero-order chi connectivity index (χ0) is 16.1. The van der Waals surface area contributed by atoms with Crippen LogP contribution >= 0.6 is 0 Å². The van der Waals surface area contributed by atoms with Gasteiger partial charge < -0.3 is 10.1 Å². The third-order valence-corrected chi connectivity index (χ3v) is 4.13. The fourth-order valence-electron chi connectivity index (χ4n) is 2.81. The van der Waals surface area contributed by atoms with Gasteiger partial charge in [0.05, 0.1) is 4.92 Å². The molecule has 1 aromatic rings. The molecule has 1 aliphatic rings. The Morgan fingerprint density at radius 2 is 2.14 bits per heavy atom. The molecule has 2 atom stereocenters. The van der Waals surface area contributed by atoms with E-state index < -0.39 is 4.92 Å². The molecule has 22 heavy (non-hydrogen) atoms. The number of nitro benzene ring substituents is 1. The second-order valence-corrected chi connectivity index (χ2v) is 5.95. The number of rotatable bonds is 5. The smallest absolute Gasteiger partial charge is 0.311 e. The number of carbonyl (C=O) groups excluding carboxylic acids is 1. The van der Waals surface area contributed by atoms with E-state index in [0.717, 1.165) is 24.8 Å². The molecule has 1 aromatic carbocycles. The summed E-state index contributed by atoms with van der Waals surface area (Å²) >= 11 is 0. The van der Waals surface area contributed by atoms with E-state index in [1.807, 2.05) is 0 Å². The summed E-state index contributed by atoms with van der Waals surface area (Å²) in [7, 11) is 0. The number of hydrogen-bond acceptors (Lipinski definition) is 4. The molecular formula is C16H22N2O4. The number of amides is 1. The first kappa shape index (κ1) is 16.3. The summed E-state index contributed by atoms with van der Waals surface area (Å²) in [5.74, 6) is 0.363. The predicted molar refractivity (Wildman–Crippen MR) is 82.9 cm³/mol. The van der Waals surface area contributed by atoms with Gasteiger partial charge in [0.25, 0.3) is 5.91 Å². The lowest BCUT2D eigenvalue weighted by atomic mass is 9.86. The highest BCUT2D eigenvalue weighted by atomic mass is 16.6. The second kappa shape index (κ2) is 7.24. The van der Waals surface area contributed by atoms with Gasteiger partial charge in [0.2, 0.25) is 0 Å². The van der Waals surface area contributed by atoms with Crippen molar-refractivity contribution in [3.63, 3.8) is 0 Å². The average Bonchev–Trinajstić information content (AvgIpc) is 2.48. The highest BCUT2D eigenvalue weighted by molar-refractivity contribution is 5.78. The molecule has 0 bridgehead atoms. The van der Waals surface area contributed by atoms with Gasteiger partial charge in [-0.1, -0.05) is 25.8 Å². The van der Waals surface area contributed by atoms with Crippen LogP contribution in [0.2, 0.25) is 0 Å². The molecule has 1 N–H and O–H groups in total. The second-order valence-electron chi connectivity index (χ2n) is 5.95. The minimum absolute atomic E-state index is 0.112. The van der Waals surface area contributed by atoms with Gasteiger partial charge >= 0.3 is 5.69 Å². The Bertz CT molecular complexity index is 559. The number of hydrogen-bond donors (Lipinski definition) is 1. The van der Waals surface area contributed by atoms with Gasteiger partial charge in [-0.25, -0.2) is 0 Å². The van der Waals surface area contributed by atoms with Crippen molar-refractivity contribution in [2.24, 2.45) is 5.92 Å². The van der Waals surface area contributed by atoms with Crippen LogP contribution in [0.5, 0.6) is 5.75 Å². The first-order valence-electron chi connectivity index (χ1n) is 7.64. The van der Waals surface area contributed by atoms with Crippen LogP contribution in [-0.2, 0) is 4.79 Å². The summed E-state index contributed by atoms with van der Waals surface area (Å²) < 4.78 is 5.34. The van der Waals surface area contributed by atoms with Crippen LogP contribution in [0.25, 0.3) is 0 Å². The Hall–Kier alpha value is -2.11. The van der Waals surface area contributed by atoms with Gasteiger partial charge in [-0.15, -0.1) is 0 Å². The van der Waals surface area contributed by atoms with Crippen molar-refractivity contribution < 1.29 is 14.5 Å². The molecule has 6 nitrogen and oxygen atoms in total. The van der Waals surface area contributed by atoms with Crippen LogP contribution in [0.1, 0.15) is 38.2 Å². The summed E-state index contributed by atoms with van der Waals surface area (Å²) in [5.41, 5.74) is 0.665. The normalized spacial score (nSPS) is 21.2. The molecule has 0 spiro atoms. The molecule has 1 aliphatic carbocycles. The SMILES string of the molecule is Cc1ccc(OCC(=O)N[C@H]2CCCC[C@H]2C)c([N+](=O)[O-])c1. The van der Waals surface area contributed by atoms with Gasteiger partial charge in [0.1, 0.15) is 0 Å². The number of nitro groups is 1. The van der Waals surface area contributed by atoms with E-state index in [2.05, 4.69) is 12.2 Å². The largest absolute Gasteiger partial charge is 0.477 e. The summed E-state index contributed by atoms with van der Waals surface area (Å²) in [6.07, 6.45) is 4.44. The number of nitrogens with one attached hydrogen (secondary N) is 1. The first-order chi connectivity index (χ1) is 10.5. The summed E-state index contributed by atoms with van der Waals surface area (Å²) in [6, 6.07) is 4.88. The van der Waals surface area contributed by atoms with Crippen LogP contribution in [0.3, 0.4) is 0 Å². The number of aryl methyl sites for hydroxylation is 1. The Balaban J connectivity index is 1.92. The lowest BCUT2D eigenvalue weighted by molar-refractivity contribution is -0.385. The van der Waals surface area contributed by atoms with Crippen LogP contribution in [0.15, 0.2) is 18.2 Å². The Morgan fingerprint density at radius 3 is 2.82 bits per heavy atom. The van der Waals surface area contributed by atoms with Gasteiger partial charge in [0, 0.05) is 12.1 Å². The fourth-order valence-corrected chi connectivity index (χ4v) is 2.81. The standard InChI is InChI=1S/C16H22N2O4/c1-11-7-8-15(14(9-11)18(20)21)22-10-16(19)17-13-6-4-3-5-12(13)2/h7-9,12-13H,3-6,10H2,1-2H3,(H,17,19)/t12-,13+/m1/s1. The molecule has 0 unspecified atom stereocenters. The molecule has 0 heterocycles. The third-order valence-electron chi connectivity index (χ3n) is 4.13. The van der Waals surface area contributed by atoms with Crippen molar-refractivity contribution in [2.75, 3.05) is 6.61 Å². The number of benzene rings is 1. The van der Waals surface area contributed by atoms with Gasteiger partial charge in [-0.05, 0) is 37.3 Å². The number of nitrogens with zero attached hydrogens (tertiary/aromatic N) is 1. The maximum Gasteiger partial charge on any atom is 0.311 e. The van der Waals surface area contributed by atoms with Crippen molar-refractivity contribution in [1.29, 1.82) is 0 Å².